The van der Waals surface area contributed by atoms with Gasteiger partial charge < -0.3 is 4.74 Å². The second-order valence-corrected chi connectivity index (χ2v) is 2.29. The van der Waals surface area contributed by atoms with Crippen LogP contribution in [0.15, 0.2) is 24.5 Å². The summed E-state index contributed by atoms with van der Waals surface area (Å²) < 4.78 is 16.9. The monoisotopic (exact) mass is 181 g/mol. The van der Waals surface area contributed by atoms with Crippen LogP contribution in [0.1, 0.15) is 5.56 Å². The van der Waals surface area contributed by atoms with Crippen LogP contribution in [-0.4, -0.2) is 18.1 Å². The highest BCUT2D eigenvalue weighted by molar-refractivity contribution is 5.86. The van der Waals surface area contributed by atoms with Gasteiger partial charge in [-0.15, -0.1) is 0 Å². The lowest BCUT2D eigenvalue weighted by molar-refractivity contribution is -0.134. The van der Waals surface area contributed by atoms with Gasteiger partial charge in [-0.1, -0.05) is 0 Å². The van der Waals surface area contributed by atoms with Gasteiger partial charge in [-0.25, -0.2) is 9.18 Å². The largest absolute Gasteiger partial charge is 0.466 e. The van der Waals surface area contributed by atoms with Crippen molar-refractivity contribution in [1.29, 1.82) is 0 Å². The lowest BCUT2D eigenvalue weighted by atomic mass is 10.2. The van der Waals surface area contributed by atoms with E-state index >= 15 is 0 Å². The van der Waals surface area contributed by atoms with E-state index in [2.05, 4.69) is 9.72 Å². The van der Waals surface area contributed by atoms with Crippen LogP contribution in [0.2, 0.25) is 0 Å². The third kappa shape index (κ3) is 3.02. The van der Waals surface area contributed by atoms with Crippen molar-refractivity contribution in [3.05, 3.63) is 35.9 Å². The number of pyridine rings is 1. The Morgan fingerprint density at radius 1 is 1.62 bits per heavy atom. The molecule has 13 heavy (non-hydrogen) atoms. The van der Waals surface area contributed by atoms with E-state index in [-0.39, 0.29) is 0 Å². The van der Waals surface area contributed by atoms with Gasteiger partial charge in [0.05, 0.1) is 13.3 Å². The number of hydrogen-bond donors (Lipinski definition) is 0. The Morgan fingerprint density at radius 3 is 3.00 bits per heavy atom. The summed E-state index contributed by atoms with van der Waals surface area (Å²) in [6.45, 7) is 0. The Balaban J connectivity index is 2.74. The number of nitrogens with zero attached hydrogens (tertiary/aromatic N) is 1. The minimum atomic E-state index is -0.482. The standard InChI is InChI=1S/C9H8FNO2/c1-13-9(12)3-2-7-4-8(10)6-11-5-7/h2-6H,1H3/b3-2+. The molecule has 0 unspecified atom stereocenters. The van der Waals surface area contributed by atoms with Crippen molar-refractivity contribution in [3.63, 3.8) is 0 Å². The molecule has 0 aromatic carbocycles. The maximum Gasteiger partial charge on any atom is 0.330 e. The van der Waals surface area contributed by atoms with Crippen molar-refractivity contribution in [2.45, 2.75) is 0 Å². The molecule has 0 saturated heterocycles. The highest BCUT2D eigenvalue weighted by atomic mass is 19.1. The summed E-state index contributed by atoms with van der Waals surface area (Å²) in [6.07, 6.45) is 5.18. The van der Waals surface area contributed by atoms with Gasteiger partial charge in [0.2, 0.25) is 0 Å². The highest BCUT2D eigenvalue weighted by Gasteiger charge is 1.93. The topological polar surface area (TPSA) is 39.2 Å². The zero-order valence-corrected chi connectivity index (χ0v) is 7.03. The molecule has 1 aromatic heterocycles. The van der Waals surface area contributed by atoms with Crippen LogP contribution in [0.5, 0.6) is 0 Å². The van der Waals surface area contributed by atoms with Crippen molar-refractivity contribution in [2.24, 2.45) is 0 Å². The Bertz CT molecular complexity index is 336. The summed E-state index contributed by atoms with van der Waals surface area (Å²) in [4.78, 5) is 14.3. The maximum absolute atomic E-state index is 12.6. The molecule has 0 bridgehead atoms. The summed E-state index contributed by atoms with van der Waals surface area (Å²) >= 11 is 0. The van der Waals surface area contributed by atoms with Crippen molar-refractivity contribution < 1.29 is 13.9 Å². The summed E-state index contributed by atoms with van der Waals surface area (Å²) in [6, 6.07) is 1.27. The molecule has 0 fully saturated rings. The average Bonchev–Trinajstić information content (AvgIpc) is 2.14. The first kappa shape index (κ1) is 9.38. The van der Waals surface area contributed by atoms with Gasteiger partial charge in [0.25, 0.3) is 0 Å². The Morgan fingerprint density at radius 2 is 2.38 bits per heavy atom. The third-order valence-electron chi connectivity index (χ3n) is 1.34. The van der Waals surface area contributed by atoms with E-state index in [4.69, 9.17) is 0 Å². The molecule has 0 aliphatic heterocycles. The van der Waals surface area contributed by atoms with Crippen LogP contribution in [0.25, 0.3) is 6.08 Å². The van der Waals surface area contributed by atoms with Crippen molar-refractivity contribution in [3.8, 4) is 0 Å². The lowest BCUT2D eigenvalue weighted by Gasteiger charge is -1.92. The van der Waals surface area contributed by atoms with Crippen molar-refractivity contribution in [1.82, 2.24) is 4.98 Å². The van der Waals surface area contributed by atoms with E-state index in [9.17, 15) is 9.18 Å². The molecule has 68 valence electrons. The number of methoxy groups -OCH3 is 1. The zero-order valence-electron chi connectivity index (χ0n) is 7.03. The zero-order chi connectivity index (χ0) is 9.68. The number of hydrogen-bond acceptors (Lipinski definition) is 3. The fourth-order valence-corrected chi connectivity index (χ4v) is 0.752. The molecule has 0 atom stereocenters. The summed E-state index contributed by atoms with van der Waals surface area (Å²) in [5.41, 5.74) is 0.519. The molecule has 0 aliphatic rings. The molecule has 3 nitrogen and oxygen atoms in total. The summed E-state index contributed by atoms with van der Waals surface area (Å²) in [5.74, 6) is -0.920. The van der Waals surface area contributed by atoms with Gasteiger partial charge in [-0.2, -0.15) is 0 Å². The maximum atomic E-state index is 12.6. The van der Waals surface area contributed by atoms with Gasteiger partial charge in [0, 0.05) is 12.3 Å². The molecule has 0 spiro atoms. The molecule has 4 heteroatoms. The second-order valence-electron chi connectivity index (χ2n) is 2.29. The third-order valence-corrected chi connectivity index (χ3v) is 1.34. The van der Waals surface area contributed by atoms with E-state index in [1.54, 1.807) is 0 Å². The number of esters is 1. The fourth-order valence-electron chi connectivity index (χ4n) is 0.752. The number of ether oxygens (including phenoxy) is 1. The Kier molecular flexibility index (Phi) is 3.14. The van der Waals surface area contributed by atoms with Crippen molar-refractivity contribution in [2.75, 3.05) is 7.11 Å². The minimum Gasteiger partial charge on any atom is -0.466 e. The van der Waals surface area contributed by atoms with Crippen LogP contribution < -0.4 is 0 Å². The second kappa shape index (κ2) is 4.35. The molecule has 0 aliphatic carbocycles. The molecular weight excluding hydrogens is 173 g/mol. The predicted molar refractivity (Wildman–Crippen MR) is 45.2 cm³/mol. The fraction of sp³-hybridized carbons (Fsp3) is 0.111. The number of carbonyl (C=O) groups is 1. The SMILES string of the molecule is COC(=O)/C=C/c1cncc(F)c1. The minimum absolute atomic E-state index is 0.438. The first-order chi connectivity index (χ1) is 6.22. The highest BCUT2D eigenvalue weighted by Crippen LogP contribution is 2.02. The summed E-state index contributed by atoms with van der Waals surface area (Å²) in [5, 5.41) is 0. The Hall–Kier alpha value is -1.71. The van der Waals surface area contributed by atoms with Gasteiger partial charge in [-0.05, 0) is 17.7 Å². The molecular formula is C9H8FNO2. The smallest absolute Gasteiger partial charge is 0.330 e. The van der Waals surface area contributed by atoms with Gasteiger partial charge in [0.1, 0.15) is 5.82 Å². The van der Waals surface area contributed by atoms with Gasteiger partial charge >= 0.3 is 5.97 Å². The number of aromatic nitrogens is 1. The van der Waals surface area contributed by atoms with Crippen LogP contribution in [0.4, 0.5) is 4.39 Å². The lowest BCUT2D eigenvalue weighted by Crippen LogP contribution is -1.93. The predicted octanol–water partition coefficient (Wildman–Crippen LogP) is 1.41. The van der Waals surface area contributed by atoms with E-state index in [1.165, 1.54) is 31.5 Å². The van der Waals surface area contributed by atoms with E-state index in [0.717, 1.165) is 6.20 Å². The molecule has 0 N–H and O–H groups in total. The number of rotatable bonds is 2. The number of halogens is 1. The van der Waals surface area contributed by atoms with Crippen LogP contribution in [0.3, 0.4) is 0 Å². The van der Waals surface area contributed by atoms with Crippen LogP contribution >= 0.6 is 0 Å². The quantitative estimate of drug-likeness (QED) is 0.511. The number of carbonyl (C=O) groups excluding carboxylic acids is 1. The first-order valence-electron chi connectivity index (χ1n) is 3.59. The van der Waals surface area contributed by atoms with Crippen LogP contribution in [-0.2, 0) is 9.53 Å². The van der Waals surface area contributed by atoms with E-state index in [0.29, 0.717) is 5.56 Å². The molecule has 0 saturated carbocycles. The molecule has 1 heterocycles. The molecule has 0 radical (unpaired) electrons. The van der Waals surface area contributed by atoms with Gasteiger partial charge in [-0.3, -0.25) is 4.98 Å². The molecule has 1 aromatic rings. The Labute approximate surface area is 74.9 Å². The van der Waals surface area contributed by atoms with Gasteiger partial charge in [0.15, 0.2) is 0 Å². The summed E-state index contributed by atoms with van der Waals surface area (Å²) in [7, 11) is 1.27. The normalized spacial score (nSPS) is 10.3. The van der Waals surface area contributed by atoms with Crippen molar-refractivity contribution >= 4 is 12.0 Å². The van der Waals surface area contributed by atoms with E-state index in [1.807, 2.05) is 0 Å². The average molecular weight is 181 g/mol. The van der Waals surface area contributed by atoms with E-state index < -0.39 is 11.8 Å². The van der Waals surface area contributed by atoms with Crippen LogP contribution in [0, 0.1) is 5.82 Å². The first-order valence-corrected chi connectivity index (χ1v) is 3.59. The molecule has 0 amide bonds. The molecule has 1 rings (SSSR count).